The molecule has 0 aliphatic carbocycles. The predicted molar refractivity (Wildman–Crippen MR) is 61.7 cm³/mol. The molecule has 0 aromatic heterocycles. The number of methoxy groups -OCH3 is 1. The van der Waals surface area contributed by atoms with Gasteiger partial charge in [-0.15, -0.1) is 0 Å². The number of carboxylic acids is 2. The van der Waals surface area contributed by atoms with Crippen molar-refractivity contribution < 1.29 is 29.3 Å². The van der Waals surface area contributed by atoms with Gasteiger partial charge in [0.25, 0.3) is 0 Å². The Morgan fingerprint density at radius 3 is 2.39 bits per heavy atom. The van der Waals surface area contributed by atoms with Crippen LogP contribution in [0, 0.1) is 6.92 Å². The van der Waals surface area contributed by atoms with Crippen LogP contribution in [-0.4, -0.2) is 29.3 Å². The summed E-state index contributed by atoms with van der Waals surface area (Å²) in [5.41, 5.74) is 0.901. The molecule has 1 aromatic carbocycles. The minimum Gasteiger partial charge on any atom is -0.493 e. The maximum absolute atomic E-state index is 10.8. The Bertz CT molecular complexity index is 503. The van der Waals surface area contributed by atoms with Crippen LogP contribution in [0.2, 0.25) is 0 Å². The summed E-state index contributed by atoms with van der Waals surface area (Å²) < 4.78 is 10.0. The minimum absolute atomic E-state index is 0.137. The highest BCUT2D eigenvalue weighted by atomic mass is 16.5. The largest absolute Gasteiger partial charge is 0.493 e. The Morgan fingerprint density at radius 1 is 1.22 bits per heavy atom. The van der Waals surface area contributed by atoms with E-state index in [9.17, 15) is 9.59 Å². The summed E-state index contributed by atoms with van der Waals surface area (Å²) in [4.78, 5) is 21.3. The molecule has 0 amide bonds. The van der Waals surface area contributed by atoms with Crippen LogP contribution in [0.15, 0.2) is 30.0 Å². The van der Waals surface area contributed by atoms with E-state index in [4.69, 9.17) is 19.7 Å². The van der Waals surface area contributed by atoms with Crippen molar-refractivity contribution in [2.75, 3.05) is 7.11 Å². The summed E-state index contributed by atoms with van der Waals surface area (Å²) in [6, 6.07) is 4.85. The highest BCUT2D eigenvalue weighted by Crippen LogP contribution is 2.29. The lowest BCUT2D eigenvalue weighted by atomic mass is 10.2. The summed E-state index contributed by atoms with van der Waals surface area (Å²) in [5.74, 6) is -3.10. The Labute approximate surface area is 103 Å². The van der Waals surface area contributed by atoms with Crippen LogP contribution in [0.3, 0.4) is 0 Å². The van der Waals surface area contributed by atoms with Gasteiger partial charge < -0.3 is 19.7 Å². The number of ether oxygens (including phenoxy) is 2. The summed E-state index contributed by atoms with van der Waals surface area (Å²) in [6.07, 6.45) is 0.474. The minimum atomic E-state index is -1.47. The highest BCUT2D eigenvalue weighted by Gasteiger charge is 2.15. The highest BCUT2D eigenvalue weighted by molar-refractivity contribution is 5.93. The first-order chi connectivity index (χ1) is 8.43. The van der Waals surface area contributed by atoms with Gasteiger partial charge in [-0.05, 0) is 24.6 Å². The van der Waals surface area contributed by atoms with Crippen LogP contribution in [0.25, 0.3) is 0 Å². The Morgan fingerprint density at radius 2 is 1.89 bits per heavy atom. The fourth-order valence-electron chi connectivity index (χ4n) is 1.22. The van der Waals surface area contributed by atoms with Crippen LogP contribution in [0.4, 0.5) is 0 Å². The number of benzene rings is 1. The molecule has 0 bridgehead atoms. The SMILES string of the molecule is COc1cc(C)ccc1O/C(=C/C(=O)O)C(=O)O. The van der Waals surface area contributed by atoms with E-state index in [2.05, 4.69) is 0 Å². The zero-order valence-corrected chi connectivity index (χ0v) is 9.84. The van der Waals surface area contributed by atoms with Gasteiger partial charge in [0.1, 0.15) is 0 Å². The van der Waals surface area contributed by atoms with Gasteiger partial charge in [0, 0.05) is 0 Å². The van der Waals surface area contributed by atoms with E-state index < -0.39 is 17.7 Å². The molecule has 0 aliphatic rings. The smallest absolute Gasteiger partial charge is 0.372 e. The first kappa shape index (κ1) is 13.6. The quantitative estimate of drug-likeness (QED) is 0.608. The number of carbonyl (C=O) groups is 2. The third kappa shape index (κ3) is 3.51. The monoisotopic (exact) mass is 252 g/mol. The lowest BCUT2D eigenvalue weighted by Gasteiger charge is -2.10. The van der Waals surface area contributed by atoms with Crippen molar-refractivity contribution in [3.8, 4) is 11.5 Å². The predicted octanol–water partition coefficient (Wildman–Crippen LogP) is 1.44. The van der Waals surface area contributed by atoms with Crippen LogP contribution in [0.1, 0.15) is 5.56 Å². The van der Waals surface area contributed by atoms with Crippen molar-refractivity contribution in [3.05, 3.63) is 35.6 Å². The van der Waals surface area contributed by atoms with Gasteiger partial charge in [0.15, 0.2) is 11.5 Å². The molecule has 0 aliphatic heterocycles. The average Bonchev–Trinajstić information content (AvgIpc) is 2.29. The zero-order chi connectivity index (χ0) is 13.7. The molecule has 1 aromatic rings. The first-order valence-electron chi connectivity index (χ1n) is 4.94. The summed E-state index contributed by atoms with van der Waals surface area (Å²) in [6.45, 7) is 1.83. The molecule has 0 saturated carbocycles. The van der Waals surface area contributed by atoms with Crippen molar-refractivity contribution in [2.45, 2.75) is 6.92 Å². The molecular formula is C12H12O6. The van der Waals surface area contributed by atoms with Gasteiger partial charge in [-0.3, -0.25) is 0 Å². The van der Waals surface area contributed by atoms with Gasteiger partial charge in [0.2, 0.25) is 5.76 Å². The van der Waals surface area contributed by atoms with Crippen LogP contribution < -0.4 is 9.47 Å². The number of hydrogen-bond donors (Lipinski definition) is 2. The van der Waals surface area contributed by atoms with Crippen molar-refractivity contribution in [2.24, 2.45) is 0 Å². The van der Waals surface area contributed by atoms with Gasteiger partial charge in [-0.25, -0.2) is 9.59 Å². The van der Waals surface area contributed by atoms with Gasteiger partial charge in [-0.1, -0.05) is 6.07 Å². The lowest BCUT2D eigenvalue weighted by molar-refractivity contribution is -0.137. The molecule has 18 heavy (non-hydrogen) atoms. The molecule has 6 heteroatoms. The second kappa shape index (κ2) is 5.72. The van der Waals surface area contributed by atoms with Gasteiger partial charge in [-0.2, -0.15) is 0 Å². The Hall–Kier alpha value is -2.50. The molecule has 0 saturated heterocycles. The van der Waals surface area contributed by atoms with Crippen molar-refractivity contribution in [1.29, 1.82) is 0 Å². The van der Waals surface area contributed by atoms with Gasteiger partial charge >= 0.3 is 11.9 Å². The van der Waals surface area contributed by atoms with E-state index in [1.54, 1.807) is 12.1 Å². The second-order valence-corrected chi connectivity index (χ2v) is 3.41. The molecule has 0 spiro atoms. The molecule has 2 N–H and O–H groups in total. The molecular weight excluding hydrogens is 240 g/mol. The van der Waals surface area contributed by atoms with Crippen LogP contribution >= 0.6 is 0 Å². The van der Waals surface area contributed by atoms with Crippen molar-refractivity contribution in [3.63, 3.8) is 0 Å². The van der Waals surface area contributed by atoms with E-state index >= 15 is 0 Å². The van der Waals surface area contributed by atoms with E-state index in [1.807, 2.05) is 6.92 Å². The molecule has 6 nitrogen and oxygen atoms in total. The third-order valence-corrected chi connectivity index (χ3v) is 2.00. The number of hydrogen-bond acceptors (Lipinski definition) is 4. The maximum Gasteiger partial charge on any atom is 0.372 e. The molecule has 1 rings (SSSR count). The van der Waals surface area contributed by atoms with Crippen molar-refractivity contribution in [1.82, 2.24) is 0 Å². The molecule has 0 atom stereocenters. The molecule has 0 fully saturated rings. The topological polar surface area (TPSA) is 93.1 Å². The number of rotatable bonds is 5. The average molecular weight is 252 g/mol. The summed E-state index contributed by atoms with van der Waals surface area (Å²) in [5, 5.41) is 17.3. The lowest BCUT2D eigenvalue weighted by Crippen LogP contribution is -2.10. The first-order valence-corrected chi connectivity index (χ1v) is 4.94. The Balaban J connectivity index is 3.08. The number of aryl methyl sites for hydroxylation is 1. The molecule has 96 valence electrons. The summed E-state index contributed by atoms with van der Waals surface area (Å²) in [7, 11) is 1.41. The van der Waals surface area contributed by atoms with E-state index in [-0.39, 0.29) is 5.75 Å². The zero-order valence-electron chi connectivity index (χ0n) is 9.84. The Kier molecular flexibility index (Phi) is 4.31. The van der Waals surface area contributed by atoms with Crippen LogP contribution in [-0.2, 0) is 9.59 Å². The van der Waals surface area contributed by atoms with E-state index in [0.29, 0.717) is 11.8 Å². The normalized spacial score (nSPS) is 10.9. The maximum atomic E-state index is 10.8. The molecule has 0 heterocycles. The van der Waals surface area contributed by atoms with Crippen molar-refractivity contribution >= 4 is 11.9 Å². The summed E-state index contributed by atoms with van der Waals surface area (Å²) >= 11 is 0. The molecule has 0 unspecified atom stereocenters. The fourth-order valence-corrected chi connectivity index (χ4v) is 1.22. The standard InChI is InChI=1S/C12H12O6/c1-7-3-4-8(9(5-7)17-2)18-10(12(15)16)6-11(13)14/h3-6H,1-2H3,(H,13,14)(H,15,16)/b10-6+. The van der Waals surface area contributed by atoms with Crippen LogP contribution in [0.5, 0.6) is 11.5 Å². The van der Waals surface area contributed by atoms with Gasteiger partial charge in [0.05, 0.1) is 13.2 Å². The van der Waals surface area contributed by atoms with E-state index in [0.717, 1.165) is 5.56 Å². The number of carboxylic acid groups (broad SMARTS) is 2. The fraction of sp³-hybridized carbons (Fsp3) is 0.167. The van der Waals surface area contributed by atoms with E-state index in [1.165, 1.54) is 13.2 Å². The number of aliphatic carboxylic acids is 2. The second-order valence-electron chi connectivity index (χ2n) is 3.41. The third-order valence-electron chi connectivity index (χ3n) is 2.00. The molecule has 0 radical (unpaired) electrons.